The molecule has 0 spiro atoms. The average molecular weight is 319 g/mol. The second-order valence-electron chi connectivity index (χ2n) is 5.98. The van der Waals surface area contributed by atoms with Gasteiger partial charge in [-0.3, -0.25) is 4.79 Å². The summed E-state index contributed by atoms with van der Waals surface area (Å²) >= 11 is 0. The first-order valence-electron chi connectivity index (χ1n) is 7.84. The van der Waals surface area contributed by atoms with Gasteiger partial charge in [-0.05, 0) is 39.0 Å². The van der Waals surface area contributed by atoms with Crippen LogP contribution in [-0.4, -0.2) is 5.91 Å². The first-order chi connectivity index (χ1) is 11.5. The normalized spacial score (nSPS) is 11.3. The van der Waals surface area contributed by atoms with Gasteiger partial charge in [0.15, 0.2) is 0 Å². The molecule has 0 aliphatic carbocycles. The highest BCUT2D eigenvalue weighted by molar-refractivity contribution is 6.09. The number of para-hydroxylation sites is 1. The highest BCUT2D eigenvalue weighted by atomic mass is 16.3. The summed E-state index contributed by atoms with van der Waals surface area (Å²) < 4.78 is 11.4. The van der Waals surface area contributed by atoms with Gasteiger partial charge >= 0.3 is 0 Å². The van der Waals surface area contributed by atoms with Crippen molar-refractivity contribution in [3.05, 3.63) is 65.1 Å². The van der Waals surface area contributed by atoms with E-state index in [1.165, 1.54) is 0 Å². The molecule has 0 saturated carbocycles. The van der Waals surface area contributed by atoms with E-state index in [1.54, 1.807) is 6.92 Å². The Morgan fingerprint density at radius 1 is 0.875 bits per heavy atom. The summed E-state index contributed by atoms with van der Waals surface area (Å²) in [5.74, 6) is 1.23. The van der Waals surface area contributed by atoms with Crippen molar-refractivity contribution in [2.24, 2.45) is 0 Å². The SMILES string of the molecule is Cc1oc(C)c(C(=O)Nc2ccc3c(c2)oc2ccccc23)c1C. The van der Waals surface area contributed by atoms with E-state index in [0.29, 0.717) is 17.0 Å². The first kappa shape index (κ1) is 14.6. The summed E-state index contributed by atoms with van der Waals surface area (Å²) in [7, 11) is 0. The number of amides is 1. The molecule has 120 valence electrons. The van der Waals surface area contributed by atoms with E-state index in [9.17, 15) is 4.79 Å². The van der Waals surface area contributed by atoms with E-state index >= 15 is 0 Å². The predicted octanol–water partition coefficient (Wildman–Crippen LogP) is 5.36. The van der Waals surface area contributed by atoms with Crippen LogP contribution in [0, 0.1) is 20.8 Å². The molecule has 0 aliphatic heterocycles. The maximum atomic E-state index is 12.6. The number of fused-ring (bicyclic) bond motifs is 3. The van der Waals surface area contributed by atoms with Crippen LogP contribution >= 0.6 is 0 Å². The van der Waals surface area contributed by atoms with E-state index < -0.39 is 0 Å². The molecule has 0 aliphatic rings. The van der Waals surface area contributed by atoms with Crippen LogP contribution in [0.4, 0.5) is 5.69 Å². The van der Waals surface area contributed by atoms with Crippen molar-refractivity contribution >= 4 is 33.5 Å². The van der Waals surface area contributed by atoms with Crippen LogP contribution in [0.3, 0.4) is 0 Å². The number of hydrogen-bond acceptors (Lipinski definition) is 3. The second kappa shape index (κ2) is 5.27. The number of furan rings is 2. The van der Waals surface area contributed by atoms with Crippen molar-refractivity contribution in [2.45, 2.75) is 20.8 Å². The molecule has 0 unspecified atom stereocenters. The second-order valence-corrected chi connectivity index (χ2v) is 5.98. The van der Waals surface area contributed by atoms with Gasteiger partial charge in [-0.1, -0.05) is 18.2 Å². The van der Waals surface area contributed by atoms with Crippen molar-refractivity contribution in [2.75, 3.05) is 5.32 Å². The fourth-order valence-electron chi connectivity index (χ4n) is 3.12. The summed E-state index contributed by atoms with van der Waals surface area (Å²) in [6.07, 6.45) is 0. The maximum absolute atomic E-state index is 12.6. The maximum Gasteiger partial charge on any atom is 0.259 e. The summed E-state index contributed by atoms with van der Waals surface area (Å²) in [4.78, 5) is 12.6. The Hall–Kier alpha value is -3.01. The van der Waals surface area contributed by atoms with E-state index in [4.69, 9.17) is 8.83 Å². The lowest BCUT2D eigenvalue weighted by Gasteiger charge is -2.05. The molecule has 1 amide bonds. The number of hydrogen-bond donors (Lipinski definition) is 1. The van der Waals surface area contributed by atoms with E-state index in [1.807, 2.05) is 56.3 Å². The molecule has 4 aromatic rings. The molecule has 1 N–H and O–H groups in total. The fraction of sp³-hybridized carbons (Fsp3) is 0.150. The summed E-state index contributed by atoms with van der Waals surface area (Å²) in [6.45, 7) is 5.56. The third-order valence-corrected chi connectivity index (χ3v) is 4.43. The fourth-order valence-corrected chi connectivity index (χ4v) is 3.12. The number of anilines is 1. The molecule has 2 heterocycles. The lowest BCUT2D eigenvalue weighted by Crippen LogP contribution is -2.13. The van der Waals surface area contributed by atoms with Gasteiger partial charge in [0.1, 0.15) is 22.7 Å². The zero-order valence-electron chi connectivity index (χ0n) is 13.8. The van der Waals surface area contributed by atoms with Gasteiger partial charge in [0.25, 0.3) is 5.91 Å². The molecule has 0 fully saturated rings. The van der Waals surface area contributed by atoms with Crippen molar-refractivity contribution < 1.29 is 13.6 Å². The van der Waals surface area contributed by atoms with Gasteiger partial charge in [0.2, 0.25) is 0 Å². The number of benzene rings is 2. The number of carbonyl (C=O) groups excluding carboxylic acids is 1. The molecule has 2 aromatic carbocycles. The van der Waals surface area contributed by atoms with E-state index in [-0.39, 0.29) is 5.91 Å². The molecule has 0 saturated heterocycles. The monoisotopic (exact) mass is 319 g/mol. The van der Waals surface area contributed by atoms with Gasteiger partial charge in [0.05, 0.1) is 5.56 Å². The van der Waals surface area contributed by atoms with E-state index in [0.717, 1.165) is 33.3 Å². The highest BCUT2D eigenvalue weighted by Crippen LogP contribution is 2.30. The summed E-state index contributed by atoms with van der Waals surface area (Å²) in [5, 5.41) is 5.04. The van der Waals surface area contributed by atoms with Crippen LogP contribution < -0.4 is 5.32 Å². The molecule has 4 heteroatoms. The molecule has 4 rings (SSSR count). The van der Waals surface area contributed by atoms with Crippen molar-refractivity contribution in [1.29, 1.82) is 0 Å². The number of nitrogens with one attached hydrogen (secondary N) is 1. The highest BCUT2D eigenvalue weighted by Gasteiger charge is 2.19. The minimum Gasteiger partial charge on any atom is -0.466 e. The van der Waals surface area contributed by atoms with Crippen molar-refractivity contribution in [3.63, 3.8) is 0 Å². The van der Waals surface area contributed by atoms with Gasteiger partial charge < -0.3 is 14.2 Å². The number of carbonyl (C=O) groups is 1. The zero-order chi connectivity index (χ0) is 16.8. The summed E-state index contributed by atoms with van der Waals surface area (Å²) in [6, 6.07) is 13.6. The van der Waals surface area contributed by atoms with Crippen molar-refractivity contribution in [3.8, 4) is 0 Å². The minimum atomic E-state index is -0.169. The van der Waals surface area contributed by atoms with Crippen LogP contribution in [0.15, 0.2) is 51.3 Å². The van der Waals surface area contributed by atoms with E-state index in [2.05, 4.69) is 5.32 Å². The molecule has 0 radical (unpaired) electrons. The Kier molecular flexibility index (Phi) is 3.20. The molecular weight excluding hydrogens is 302 g/mol. The lowest BCUT2D eigenvalue weighted by atomic mass is 10.1. The Labute approximate surface area is 139 Å². The van der Waals surface area contributed by atoms with Crippen LogP contribution in [0.25, 0.3) is 21.9 Å². The topological polar surface area (TPSA) is 55.4 Å². The molecule has 24 heavy (non-hydrogen) atoms. The van der Waals surface area contributed by atoms with Gasteiger partial charge in [-0.25, -0.2) is 0 Å². The van der Waals surface area contributed by atoms with Crippen molar-refractivity contribution in [1.82, 2.24) is 0 Å². The quantitative estimate of drug-likeness (QED) is 0.541. The average Bonchev–Trinajstić information content (AvgIpc) is 3.04. The van der Waals surface area contributed by atoms with Crippen LogP contribution in [0.5, 0.6) is 0 Å². The Balaban J connectivity index is 1.72. The Bertz CT molecular complexity index is 1090. The Morgan fingerprint density at radius 2 is 1.62 bits per heavy atom. The van der Waals surface area contributed by atoms with Crippen LogP contribution in [0.2, 0.25) is 0 Å². The lowest BCUT2D eigenvalue weighted by molar-refractivity contribution is 0.102. The predicted molar refractivity (Wildman–Crippen MR) is 94.6 cm³/mol. The zero-order valence-corrected chi connectivity index (χ0v) is 13.8. The number of aryl methyl sites for hydroxylation is 2. The third-order valence-electron chi connectivity index (χ3n) is 4.43. The summed E-state index contributed by atoms with van der Waals surface area (Å²) in [5.41, 5.74) is 3.76. The first-order valence-corrected chi connectivity index (χ1v) is 7.84. The molecule has 0 bridgehead atoms. The van der Waals surface area contributed by atoms with Gasteiger partial charge in [-0.15, -0.1) is 0 Å². The van der Waals surface area contributed by atoms with Crippen LogP contribution in [-0.2, 0) is 0 Å². The molecule has 0 atom stereocenters. The molecule has 4 nitrogen and oxygen atoms in total. The third kappa shape index (κ3) is 2.19. The smallest absolute Gasteiger partial charge is 0.259 e. The van der Waals surface area contributed by atoms with Crippen LogP contribution in [0.1, 0.15) is 27.4 Å². The minimum absolute atomic E-state index is 0.169. The molecule has 2 aromatic heterocycles. The Morgan fingerprint density at radius 3 is 2.38 bits per heavy atom. The standard InChI is InChI=1S/C20H17NO3/c1-11-12(2)23-13(3)19(11)20(22)21-14-8-9-16-15-6-4-5-7-17(15)24-18(16)10-14/h4-10H,1-3H3,(H,21,22). The van der Waals surface area contributed by atoms with Gasteiger partial charge in [-0.2, -0.15) is 0 Å². The van der Waals surface area contributed by atoms with Gasteiger partial charge in [0, 0.05) is 28.1 Å². The molecular formula is C20H17NO3. The largest absolute Gasteiger partial charge is 0.466 e. The number of rotatable bonds is 2.